The molecule has 0 radical (unpaired) electrons. The summed E-state index contributed by atoms with van der Waals surface area (Å²) in [5.41, 5.74) is -0.485. The minimum atomic E-state index is -8.05. The molecule has 1 N–H and O–H groups in total. The summed E-state index contributed by atoms with van der Waals surface area (Å²) < 4.78 is 168. The smallest absolute Gasteiger partial charge is 0.321 e. The fourth-order valence-electron chi connectivity index (χ4n) is 1.84. The van der Waals surface area contributed by atoms with E-state index in [0.717, 1.165) is 23.5 Å². The Morgan fingerprint density at radius 2 is 1.17 bits per heavy atom. The van der Waals surface area contributed by atoms with Crippen LogP contribution in [0.1, 0.15) is 5.56 Å². The minimum Gasteiger partial charge on any atom is -0.321 e. The maximum atomic E-state index is 13.6. The van der Waals surface area contributed by atoms with Crippen molar-refractivity contribution in [1.29, 1.82) is 0 Å². The molecule has 0 bridgehead atoms. The Morgan fingerprint density at radius 1 is 0.724 bits per heavy atom. The molecule has 2 nitrogen and oxygen atoms in total. The molecule has 0 heterocycles. The van der Waals surface area contributed by atoms with Crippen LogP contribution in [-0.2, 0) is 4.79 Å². The van der Waals surface area contributed by atoms with E-state index >= 15 is 0 Å². The molecular weight excluding hydrogens is 445 g/mol. The molecule has 1 amide bonds. The molecule has 0 unspecified atom stereocenters. The third-order valence-corrected chi connectivity index (χ3v) is 3.49. The fraction of sp³-hybridized carbons (Fsp3) is 0.500. The zero-order valence-corrected chi connectivity index (χ0v) is 13.6. The Kier molecular flexibility index (Phi) is 5.93. The van der Waals surface area contributed by atoms with E-state index in [9.17, 15) is 61.9 Å². The lowest BCUT2D eigenvalue weighted by atomic mass is 9.93. The van der Waals surface area contributed by atoms with Gasteiger partial charge in [-0.25, -0.2) is 0 Å². The summed E-state index contributed by atoms with van der Waals surface area (Å²) in [6, 6.07) is 3.99. The molecule has 0 aliphatic heterocycles. The monoisotopic (exact) mass is 453 g/mol. The summed E-state index contributed by atoms with van der Waals surface area (Å²) in [4.78, 5) is 11.3. The van der Waals surface area contributed by atoms with Crippen LogP contribution < -0.4 is 5.32 Å². The van der Waals surface area contributed by atoms with Gasteiger partial charge in [0.25, 0.3) is 0 Å². The molecule has 0 saturated heterocycles. The Morgan fingerprint density at radius 3 is 1.59 bits per heavy atom. The third kappa shape index (κ3) is 3.70. The van der Waals surface area contributed by atoms with E-state index in [0.29, 0.717) is 0 Å². The zero-order chi connectivity index (χ0) is 23.3. The number of rotatable bonds is 6. The van der Waals surface area contributed by atoms with Crippen molar-refractivity contribution in [3.63, 3.8) is 0 Å². The van der Waals surface area contributed by atoms with E-state index in [1.165, 1.54) is 13.0 Å². The van der Waals surface area contributed by atoms with E-state index in [-0.39, 0.29) is 5.56 Å². The van der Waals surface area contributed by atoms with Gasteiger partial charge in [-0.05, 0) is 24.6 Å². The summed E-state index contributed by atoms with van der Waals surface area (Å²) in [5, 5.41) is 0.965. The van der Waals surface area contributed by atoms with Crippen LogP contribution >= 0.6 is 0 Å². The van der Waals surface area contributed by atoms with Gasteiger partial charge in [0.15, 0.2) is 0 Å². The second kappa shape index (κ2) is 6.93. The molecule has 0 atom stereocenters. The van der Waals surface area contributed by atoms with Crippen LogP contribution in [0.25, 0.3) is 0 Å². The van der Waals surface area contributed by atoms with Gasteiger partial charge in [0.2, 0.25) is 0 Å². The lowest BCUT2D eigenvalue weighted by molar-refractivity contribution is -0.435. The number of aryl methyl sites for hydroxylation is 1. The van der Waals surface area contributed by atoms with Crippen LogP contribution in [0.15, 0.2) is 24.3 Å². The summed E-state index contributed by atoms with van der Waals surface area (Å²) in [7, 11) is 0. The number of halogens is 13. The van der Waals surface area contributed by atoms with Crippen LogP contribution in [0.2, 0.25) is 0 Å². The lowest BCUT2D eigenvalue weighted by Gasteiger charge is -2.39. The van der Waals surface area contributed by atoms with Crippen LogP contribution in [0.4, 0.5) is 62.8 Å². The van der Waals surface area contributed by atoms with E-state index in [1.54, 1.807) is 0 Å². The molecular formula is C14H8F13NO. The predicted molar refractivity (Wildman–Crippen MR) is 70.6 cm³/mol. The SMILES string of the molecule is Cc1cccc(NC(=O)C(F)(F)C(F)(F)C(F)(F)C(F)(F)C(F)(F)C(F)(F)F)c1. The van der Waals surface area contributed by atoms with Gasteiger partial charge in [-0.2, -0.15) is 57.1 Å². The molecule has 0 aromatic heterocycles. The van der Waals surface area contributed by atoms with Gasteiger partial charge >= 0.3 is 41.7 Å². The Labute approximate surface area is 152 Å². The summed E-state index contributed by atoms with van der Waals surface area (Å²) >= 11 is 0. The molecule has 0 aliphatic rings. The van der Waals surface area contributed by atoms with Gasteiger partial charge < -0.3 is 5.32 Å². The first-order valence-corrected chi connectivity index (χ1v) is 6.98. The molecule has 29 heavy (non-hydrogen) atoms. The van der Waals surface area contributed by atoms with Gasteiger partial charge in [-0.15, -0.1) is 0 Å². The lowest BCUT2D eigenvalue weighted by Crippen LogP contribution is -2.71. The molecule has 0 saturated carbocycles. The number of benzene rings is 1. The average Bonchev–Trinajstić information content (AvgIpc) is 2.52. The first-order valence-electron chi connectivity index (χ1n) is 6.98. The van der Waals surface area contributed by atoms with Crippen molar-refractivity contribution >= 4 is 11.6 Å². The fourth-order valence-corrected chi connectivity index (χ4v) is 1.84. The molecule has 0 fully saturated rings. The highest BCUT2D eigenvalue weighted by molar-refractivity contribution is 5.97. The summed E-state index contributed by atoms with van der Waals surface area (Å²) in [6.07, 6.45) is -7.50. The molecule has 1 aromatic rings. The maximum Gasteiger partial charge on any atom is 0.460 e. The average molecular weight is 453 g/mol. The minimum absolute atomic E-state index is 0.222. The first kappa shape index (κ1) is 24.8. The maximum absolute atomic E-state index is 13.6. The quantitative estimate of drug-likeness (QED) is 0.553. The van der Waals surface area contributed by atoms with Gasteiger partial charge in [0.05, 0.1) is 0 Å². The van der Waals surface area contributed by atoms with E-state index in [2.05, 4.69) is 0 Å². The number of hydrogen-bond acceptors (Lipinski definition) is 1. The normalized spacial score (nSPS) is 14.7. The third-order valence-electron chi connectivity index (χ3n) is 3.49. The van der Waals surface area contributed by atoms with Gasteiger partial charge in [-0.1, -0.05) is 12.1 Å². The molecule has 1 rings (SSSR count). The van der Waals surface area contributed by atoms with Gasteiger partial charge in [0.1, 0.15) is 0 Å². The summed E-state index contributed by atoms with van der Waals surface area (Å²) in [6.45, 7) is 1.30. The van der Waals surface area contributed by atoms with Crippen molar-refractivity contribution in [2.24, 2.45) is 0 Å². The molecule has 1 aromatic carbocycles. The highest BCUT2D eigenvalue weighted by atomic mass is 19.4. The van der Waals surface area contributed by atoms with E-state index in [1.807, 2.05) is 0 Å². The highest BCUT2D eigenvalue weighted by Crippen LogP contribution is 2.60. The standard InChI is InChI=1S/C14H8F13NO/c1-6-3-2-4-7(5-6)28-8(29)9(15,16)10(17,18)11(19,20)12(21,22)13(23,24)14(25,26)27/h2-5H,1H3,(H,28,29). The number of nitrogens with one attached hydrogen (secondary N) is 1. The number of carbonyl (C=O) groups is 1. The second-order valence-electron chi connectivity index (χ2n) is 5.69. The van der Waals surface area contributed by atoms with Crippen molar-refractivity contribution in [3.05, 3.63) is 29.8 Å². The number of carbonyl (C=O) groups excluding carboxylic acids is 1. The van der Waals surface area contributed by atoms with Gasteiger partial charge in [-0.3, -0.25) is 4.79 Å². The second-order valence-corrected chi connectivity index (χ2v) is 5.69. The number of amides is 1. The predicted octanol–water partition coefficient (Wildman–Crippen LogP) is 5.67. The first-order chi connectivity index (χ1) is 12.6. The number of hydrogen-bond donors (Lipinski definition) is 1. The van der Waals surface area contributed by atoms with Crippen LogP contribution in [0.3, 0.4) is 0 Å². The molecule has 0 aliphatic carbocycles. The van der Waals surface area contributed by atoms with E-state index < -0.39 is 47.4 Å². The largest absolute Gasteiger partial charge is 0.460 e. The molecule has 166 valence electrons. The van der Waals surface area contributed by atoms with Crippen molar-refractivity contribution in [2.75, 3.05) is 5.32 Å². The topological polar surface area (TPSA) is 29.1 Å². The van der Waals surface area contributed by atoms with E-state index in [4.69, 9.17) is 0 Å². The summed E-state index contributed by atoms with van der Waals surface area (Å²) in [5.74, 6) is -41.7. The van der Waals surface area contributed by atoms with Crippen molar-refractivity contribution in [1.82, 2.24) is 0 Å². The Bertz CT molecular complexity index is 769. The Balaban J connectivity index is 3.39. The zero-order valence-electron chi connectivity index (χ0n) is 13.6. The van der Waals surface area contributed by atoms with Gasteiger partial charge in [0, 0.05) is 5.69 Å². The number of alkyl halides is 13. The van der Waals surface area contributed by atoms with Crippen LogP contribution in [-0.4, -0.2) is 41.7 Å². The highest BCUT2D eigenvalue weighted by Gasteiger charge is 2.91. The van der Waals surface area contributed by atoms with Crippen molar-refractivity contribution < 1.29 is 61.9 Å². The molecule has 15 heteroatoms. The van der Waals surface area contributed by atoms with Crippen LogP contribution in [0, 0.1) is 6.92 Å². The Hall–Kier alpha value is -2.22. The number of anilines is 1. The van der Waals surface area contributed by atoms with Crippen molar-refractivity contribution in [3.8, 4) is 0 Å². The van der Waals surface area contributed by atoms with Crippen molar-refractivity contribution in [2.45, 2.75) is 42.7 Å². The molecule has 0 spiro atoms. The van der Waals surface area contributed by atoms with Crippen LogP contribution in [0.5, 0.6) is 0 Å².